The molecule has 0 aliphatic rings. The highest BCUT2D eigenvalue weighted by Crippen LogP contribution is 2.21. The molecule has 1 aromatic heterocycles. The molecule has 110 valence electrons. The number of benzene rings is 1. The number of rotatable bonds is 4. The highest BCUT2D eigenvalue weighted by molar-refractivity contribution is 5.89. The van der Waals surface area contributed by atoms with Crippen molar-refractivity contribution in [2.75, 3.05) is 7.11 Å². The second-order valence-electron chi connectivity index (χ2n) is 4.99. The zero-order valence-electron chi connectivity index (χ0n) is 12.6. The number of hydrogen-bond acceptors (Lipinski definition) is 5. The molecule has 0 saturated carbocycles. The molecule has 0 aliphatic carbocycles. The summed E-state index contributed by atoms with van der Waals surface area (Å²) < 4.78 is 10.3. The van der Waals surface area contributed by atoms with Crippen LogP contribution in [0.25, 0.3) is 0 Å². The molecule has 0 saturated heterocycles. The Morgan fingerprint density at radius 3 is 2.38 bits per heavy atom. The van der Waals surface area contributed by atoms with Crippen LogP contribution in [0.4, 0.5) is 0 Å². The maximum Gasteiger partial charge on any atom is 0.337 e. The van der Waals surface area contributed by atoms with E-state index in [0.717, 1.165) is 11.4 Å². The van der Waals surface area contributed by atoms with Gasteiger partial charge in [-0.15, -0.1) is 0 Å². The van der Waals surface area contributed by atoms with Gasteiger partial charge in [-0.1, -0.05) is 13.8 Å². The van der Waals surface area contributed by atoms with Crippen LogP contribution in [0.1, 0.15) is 41.5 Å². The van der Waals surface area contributed by atoms with E-state index >= 15 is 0 Å². The Kier molecular flexibility index (Phi) is 4.52. The number of aryl methyl sites for hydroxylation is 1. The lowest BCUT2D eigenvalue weighted by Crippen LogP contribution is -2.02. The predicted molar refractivity (Wildman–Crippen MR) is 78.7 cm³/mol. The Hall–Kier alpha value is -2.43. The smallest absolute Gasteiger partial charge is 0.337 e. The Morgan fingerprint density at radius 2 is 1.81 bits per heavy atom. The molecule has 0 aliphatic heterocycles. The molecule has 5 nitrogen and oxygen atoms in total. The molecule has 21 heavy (non-hydrogen) atoms. The fourth-order valence-electron chi connectivity index (χ4n) is 1.79. The third-order valence-corrected chi connectivity index (χ3v) is 2.93. The number of carbonyl (C=O) groups excluding carboxylic acids is 1. The second-order valence-corrected chi connectivity index (χ2v) is 4.99. The van der Waals surface area contributed by atoms with Gasteiger partial charge in [0, 0.05) is 5.69 Å². The third-order valence-electron chi connectivity index (χ3n) is 2.93. The Morgan fingerprint density at radius 1 is 1.14 bits per heavy atom. The molecule has 1 heterocycles. The summed E-state index contributed by atoms with van der Waals surface area (Å²) in [6.07, 6.45) is 0. The summed E-state index contributed by atoms with van der Waals surface area (Å²) >= 11 is 0. The predicted octanol–water partition coefficient (Wildman–Crippen LogP) is 3.49. The van der Waals surface area contributed by atoms with Gasteiger partial charge in [-0.05, 0) is 43.2 Å². The third kappa shape index (κ3) is 3.78. The molecule has 0 atom stereocenters. The minimum atomic E-state index is -0.379. The van der Waals surface area contributed by atoms with Crippen LogP contribution >= 0.6 is 0 Å². The van der Waals surface area contributed by atoms with Gasteiger partial charge in [-0.25, -0.2) is 9.78 Å². The lowest BCUT2D eigenvalue weighted by Gasteiger charge is -2.09. The molecule has 1 aromatic carbocycles. The number of hydrogen-bond donors (Lipinski definition) is 0. The summed E-state index contributed by atoms with van der Waals surface area (Å²) in [4.78, 5) is 20.0. The highest BCUT2D eigenvalue weighted by Gasteiger charge is 2.09. The Balaban J connectivity index is 2.20. The fraction of sp³-hybridized carbons (Fsp3) is 0.312. The van der Waals surface area contributed by atoms with E-state index in [-0.39, 0.29) is 5.97 Å². The largest absolute Gasteiger partial charge is 0.465 e. The summed E-state index contributed by atoms with van der Waals surface area (Å²) in [6, 6.07) is 8.91. The fourth-order valence-corrected chi connectivity index (χ4v) is 1.79. The maximum atomic E-state index is 11.4. The first-order valence-electron chi connectivity index (χ1n) is 6.71. The van der Waals surface area contributed by atoms with Gasteiger partial charge in [0.25, 0.3) is 0 Å². The first-order chi connectivity index (χ1) is 9.99. The van der Waals surface area contributed by atoms with E-state index in [1.165, 1.54) is 7.11 Å². The lowest BCUT2D eigenvalue weighted by molar-refractivity contribution is 0.0600. The SMILES string of the molecule is COC(=O)c1ccc(Oc2nc(C)cc(C(C)C)n2)cc1. The van der Waals surface area contributed by atoms with Crippen molar-refractivity contribution in [2.45, 2.75) is 26.7 Å². The molecule has 2 aromatic rings. The minimum Gasteiger partial charge on any atom is -0.465 e. The summed E-state index contributed by atoms with van der Waals surface area (Å²) in [5.74, 6) is 0.495. The molecule has 5 heteroatoms. The van der Waals surface area contributed by atoms with Crippen molar-refractivity contribution < 1.29 is 14.3 Å². The van der Waals surface area contributed by atoms with Crippen LogP contribution in [0.5, 0.6) is 11.8 Å². The van der Waals surface area contributed by atoms with Crippen molar-refractivity contribution in [3.05, 3.63) is 47.3 Å². The first kappa shape index (κ1) is 15.0. The van der Waals surface area contributed by atoms with Crippen LogP contribution in [0.15, 0.2) is 30.3 Å². The van der Waals surface area contributed by atoms with Crippen LogP contribution in [0.2, 0.25) is 0 Å². The van der Waals surface area contributed by atoms with Gasteiger partial charge in [0.2, 0.25) is 0 Å². The Labute approximate surface area is 124 Å². The monoisotopic (exact) mass is 286 g/mol. The summed E-state index contributed by atoms with van der Waals surface area (Å²) in [5.41, 5.74) is 2.26. The van der Waals surface area contributed by atoms with Crippen molar-refractivity contribution in [2.24, 2.45) is 0 Å². The van der Waals surface area contributed by atoms with E-state index in [0.29, 0.717) is 23.2 Å². The van der Waals surface area contributed by atoms with Crippen LogP contribution in [-0.2, 0) is 4.74 Å². The quantitative estimate of drug-likeness (QED) is 0.805. The normalized spacial score (nSPS) is 10.5. The summed E-state index contributed by atoms with van der Waals surface area (Å²) in [5, 5.41) is 0. The van der Waals surface area contributed by atoms with Crippen LogP contribution < -0.4 is 4.74 Å². The average Bonchev–Trinajstić information content (AvgIpc) is 2.46. The van der Waals surface area contributed by atoms with E-state index in [4.69, 9.17) is 4.74 Å². The topological polar surface area (TPSA) is 61.3 Å². The van der Waals surface area contributed by atoms with Crippen molar-refractivity contribution in [1.29, 1.82) is 0 Å². The van der Waals surface area contributed by atoms with Gasteiger partial charge in [0.1, 0.15) is 5.75 Å². The summed E-state index contributed by atoms with van der Waals surface area (Å²) in [7, 11) is 1.35. The van der Waals surface area contributed by atoms with E-state index in [9.17, 15) is 4.79 Å². The molecular weight excluding hydrogens is 268 g/mol. The maximum absolute atomic E-state index is 11.4. The molecule has 0 unspecified atom stereocenters. The number of carbonyl (C=O) groups is 1. The minimum absolute atomic E-state index is 0.302. The molecular formula is C16H18N2O3. The van der Waals surface area contributed by atoms with Crippen LogP contribution in [-0.4, -0.2) is 23.0 Å². The van der Waals surface area contributed by atoms with E-state index in [1.807, 2.05) is 13.0 Å². The number of nitrogens with zero attached hydrogens (tertiary/aromatic N) is 2. The van der Waals surface area contributed by atoms with Gasteiger partial charge in [-0.2, -0.15) is 4.98 Å². The van der Waals surface area contributed by atoms with Gasteiger partial charge >= 0.3 is 12.0 Å². The second kappa shape index (κ2) is 6.35. The standard InChI is InChI=1S/C16H18N2O3/c1-10(2)14-9-11(3)17-16(18-14)21-13-7-5-12(6-8-13)15(19)20-4/h5-10H,1-4H3. The van der Waals surface area contributed by atoms with Gasteiger partial charge in [0.15, 0.2) is 0 Å². The summed E-state index contributed by atoms with van der Waals surface area (Å²) in [6.45, 7) is 6.04. The number of esters is 1. The molecule has 0 amide bonds. The number of aromatic nitrogens is 2. The Bertz CT molecular complexity index is 636. The molecule has 2 rings (SSSR count). The van der Waals surface area contributed by atoms with Crippen molar-refractivity contribution in [3.8, 4) is 11.8 Å². The van der Waals surface area contributed by atoms with Crippen LogP contribution in [0.3, 0.4) is 0 Å². The van der Waals surface area contributed by atoms with Crippen LogP contribution in [0, 0.1) is 6.92 Å². The van der Waals surface area contributed by atoms with Gasteiger partial charge in [-0.3, -0.25) is 0 Å². The van der Waals surface area contributed by atoms with E-state index in [1.54, 1.807) is 24.3 Å². The molecule has 0 bridgehead atoms. The number of ether oxygens (including phenoxy) is 2. The molecule has 0 spiro atoms. The lowest BCUT2D eigenvalue weighted by atomic mass is 10.1. The van der Waals surface area contributed by atoms with Crippen molar-refractivity contribution in [3.63, 3.8) is 0 Å². The zero-order valence-corrected chi connectivity index (χ0v) is 12.6. The van der Waals surface area contributed by atoms with Crippen molar-refractivity contribution >= 4 is 5.97 Å². The molecule has 0 radical (unpaired) electrons. The zero-order chi connectivity index (χ0) is 15.4. The van der Waals surface area contributed by atoms with E-state index in [2.05, 4.69) is 28.6 Å². The molecule has 0 N–H and O–H groups in total. The number of methoxy groups -OCH3 is 1. The van der Waals surface area contributed by atoms with Gasteiger partial charge in [0.05, 0.1) is 18.4 Å². The van der Waals surface area contributed by atoms with E-state index < -0.39 is 0 Å². The highest BCUT2D eigenvalue weighted by atomic mass is 16.5. The molecule has 0 fully saturated rings. The first-order valence-corrected chi connectivity index (χ1v) is 6.71. The van der Waals surface area contributed by atoms with Crippen molar-refractivity contribution in [1.82, 2.24) is 9.97 Å². The van der Waals surface area contributed by atoms with Gasteiger partial charge < -0.3 is 9.47 Å². The average molecular weight is 286 g/mol.